The van der Waals surface area contributed by atoms with Crippen LogP contribution >= 0.6 is 11.8 Å². The molecule has 0 saturated heterocycles. The Hall–Kier alpha value is -1.81. The van der Waals surface area contributed by atoms with Gasteiger partial charge in [-0.25, -0.2) is 4.79 Å². The molecular weight excluding hydrogens is 296 g/mol. The summed E-state index contributed by atoms with van der Waals surface area (Å²) >= 11 is 1.57. The molecule has 0 saturated carbocycles. The Morgan fingerprint density at radius 1 is 1.27 bits per heavy atom. The van der Waals surface area contributed by atoms with Gasteiger partial charge >= 0.3 is 5.97 Å². The second kappa shape index (κ2) is 6.53. The molecule has 22 heavy (non-hydrogen) atoms. The molecule has 1 aromatic rings. The number of hydrogen-bond acceptors (Lipinski definition) is 4. The summed E-state index contributed by atoms with van der Waals surface area (Å²) in [4.78, 5) is 26.5. The Bertz CT molecular complexity index is 685. The lowest BCUT2D eigenvalue weighted by molar-refractivity contribution is -0.140. The van der Waals surface area contributed by atoms with E-state index in [4.69, 9.17) is 4.74 Å². The zero-order valence-electron chi connectivity index (χ0n) is 12.6. The van der Waals surface area contributed by atoms with Gasteiger partial charge in [0.1, 0.15) is 0 Å². The van der Waals surface area contributed by atoms with E-state index < -0.39 is 0 Å². The van der Waals surface area contributed by atoms with Crippen LogP contribution in [-0.2, 0) is 20.7 Å². The maximum Gasteiger partial charge on any atom is 0.334 e. The molecule has 114 valence electrons. The quantitative estimate of drug-likeness (QED) is 0.626. The number of carbonyl (C=O) groups is 2. The fourth-order valence-corrected chi connectivity index (χ4v) is 3.75. The molecule has 1 heterocycles. The summed E-state index contributed by atoms with van der Waals surface area (Å²) in [5.41, 5.74) is 2.49. The highest BCUT2D eigenvalue weighted by molar-refractivity contribution is 8.03. The highest BCUT2D eigenvalue weighted by Gasteiger charge is 2.29. The van der Waals surface area contributed by atoms with E-state index in [-0.39, 0.29) is 18.2 Å². The molecule has 1 aliphatic carbocycles. The number of allylic oxidation sites excluding steroid dienone is 2. The molecule has 0 bridgehead atoms. The molecule has 0 spiro atoms. The predicted octanol–water partition coefficient (Wildman–Crippen LogP) is 3.83. The zero-order chi connectivity index (χ0) is 15.5. The number of benzene rings is 1. The van der Waals surface area contributed by atoms with Crippen molar-refractivity contribution in [1.29, 1.82) is 0 Å². The zero-order valence-corrected chi connectivity index (χ0v) is 13.4. The van der Waals surface area contributed by atoms with Crippen LogP contribution in [0.1, 0.15) is 31.7 Å². The van der Waals surface area contributed by atoms with E-state index in [1.807, 2.05) is 25.1 Å². The summed E-state index contributed by atoms with van der Waals surface area (Å²) < 4.78 is 5.23. The Morgan fingerprint density at radius 2 is 2.09 bits per heavy atom. The van der Waals surface area contributed by atoms with Crippen molar-refractivity contribution in [3.8, 4) is 0 Å². The number of ether oxygens (including phenoxy) is 1. The maximum absolute atomic E-state index is 12.4. The molecule has 0 aromatic heterocycles. The van der Waals surface area contributed by atoms with Crippen molar-refractivity contribution >= 4 is 23.5 Å². The van der Waals surface area contributed by atoms with E-state index in [0.717, 1.165) is 28.2 Å². The van der Waals surface area contributed by atoms with E-state index in [2.05, 4.69) is 12.1 Å². The number of ketones is 1. The lowest BCUT2D eigenvalue weighted by Crippen LogP contribution is -2.20. The van der Waals surface area contributed by atoms with E-state index in [1.54, 1.807) is 11.8 Å². The minimum absolute atomic E-state index is 0.0435. The van der Waals surface area contributed by atoms with E-state index in [1.165, 1.54) is 5.56 Å². The predicted molar refractivity (Wildman–Crippen MR) is 86.6 cm³/mol. The summed E-state index contributed by atoms with van der Waals surface area (Å²) in [5, 5.41) is 0. The van der Waals surface area contributed by atoms with Gasteiger partial charge in [0.25, 0.3) is 0 Å². The summed E-state index contributed by atoms with van der Waals surface area (Å²) in [5.74, 6) is -0.310. The number of rotatable bonds is 4. The lowest BCUT2D eigenvalue weighted by atomic mass is 9.92. The summed E-state index contributed by atoms with van der Waals surface area (Å²) in [7, 11) is 0. The van der Waals surface area contributed by atoms with Gasteiger partial charge in [-0.3, -0.25) is 4.79 Å². The minimum Gasteiger partial charge on any atom is -0.462 e. The molecule has 0 unspecified atom stereocenters. The first kappa shape index (κ1) is 15.1. The van der Waals surface area contributed by atoms with Gasteiger partial charge in [-0.2, -0.15) is 0 Å². The van der Waals surface area contributed by atoms with Gasteiger partial charge in [-0.05, 0) is 24.1 Å². The van der Waals surface area contributed by atoms with Crippen LogP contribution in [0.2, 0.25) is 0 Å². The Balaban J connectivity index is 1.81. The maximum atomic E-state index is 12.4. The van der Waals surface area contributed by atoms with Crippen LogP contribution < -0.4 is 0 Å². The van der Waals surface area contributed by atoms with E-state index in [9.17, 15) is 9.59 Å². The number of hydrogen-bond donors (Lipinski definition) is 0. The topological polar surface area (TPSA) is 43.4 Å². The fraction of sp³-hybridized carbons (Fsp3) is 0.333. The Labute approximate surface area is 134 Å². The monoisotopic (exact) mass is 314 g/mol. The molecule has 0 amide bonds. The summed E-state index contributed by atoms with van der Waals surface area (Å²) in [6.07, 6.45) is 4.49. The first-order chi connectivity index (χ1) is 10.7. The molecular formula is C18H18O3S. The second-order valence-corrected chi connectivity index (χ2v) is 6.57. The Morgan fingerprint density at radius 3 is 2.91 bits per heavy atom. The van der Waals surface area contributed by atoms with Gasteiger partial charge < -0.3 is 4.74 Å². The second-order valence-electron chi connectivity index (χ2n) is 5.49. The van der Waals surface area contributed by atoms with Gasteiger partial charge in [0.15, 0.2) is 5.78 Å². The number of thioether (sulfide) groups is 1. The summed E-state index contributed by atoms with van der Waals surface area (Å²) in [6, 6.07) is 8.09. The van der Waals surface area contributed by atoms with Crippen molar-refractivity contribution in [3.05, 3.63) is 52.0 Å². The SMILES string of the molecule is CCCCOC(=O)C1=CC2=C(Cc3ccccc3S2)C(=O)C1. The Kier molecular flexibility index (Phi) is 4.48. The van der Waals surface area contributed by atoms with Crippen molar-refractivity contribution in [2.75, 3.05) is 6.61 Å². The smallest absolute Gasteiger partial charge is 0.334 e. The number of fused-ring (bicyclic) bond motifs is 1. The van der Waals surface area contributed by atoms with Crippen molar-refractivity contribution in [3.63, 3.8) is 0 Å². The van der Waals surface area contributed by atoms with Crippen LogP contribution in [0.25, 0.3) is 0 Å². The van der Waals surface area contributed by atoms with Gasteiger partial charge in [0, 0.05) is 33.8 Å². The van der Waals surface area contributed by atoms with E-state index in [0.29, 0.717) is 18.6 Å². The molecule has 1 aliphatic heterocycles. The third kappa shape index (κ3) is 3.02. The van der Waals surface area contributed by atoms with Crippen molar-refractivity contribution in [2.24, 2.45) is 0 Å². The first-order valence-electron chi connectivity index (χ1n) is 7.59. The van der Waals surface area contributed by atoms with Gasteiger partial charge in [-0.15, -0.1) is 0 Å². The van der Waals surface area contributed by atoms with Gasteiger partial charge in [0.05, 0.1) is 6.61 Å². The lowest BCUT2D eigenvalue weighted by Gasteiger charge is -2.24. The fourth-order valence-electron chi connectivity index (χ4n) is 2.58. The third-order valence-corrected chi connectivity index (χ3v) is 5.05. The van der Waals surface area contributed by atoms with Crippen LogP contribution in [0, 0.1) is 0 Å². The molecule has 4 heteroatoms. The highest BCUT2D eigenvalue weighted by Crippen LogP contribution is 2.42. The number of unbranched alkanes of at least 4 members (excludes halogenated alkanes) is 1. The molecule has 1 aromatic carbocycles. The van der Waals surface area contributed by atoms with Gasteiger partial charge in [0.2, 0.25) is 0 Å². The molecule has 3 rings (SSSR count). The van der Waals surface area contributed by atoms with Crippen LogP contribution in [0.4, 0.5) is 0 Å². The molecule has 0 atom stereocenters. The van der Waals surface area contributed by atoms with Crippen LogP contribution in [0.5, 0.6) is 0 Å². The van der Waals surface area contributed by atoms with Crippen molar-refractivity contribution in [1.82, 2.24) is 0 Å². The number of carbonyl (C=O) groups excluding carboxylic acids is 2. The minimum atomic E-state index is -0.354. The molecule has 2 aliphatic rings. The van der Waals surface area contributed by atoms with Crippen LogP contribution in [0.15, 0.2) is 51.3 Å². The third-order valence-electron chi connectivity index (χ3n) is 3.84. The molecule has 0 fully saturated rings. The first-order valence-corrected chi connectivity index (χ1v) is 8.40. The van der Waals surface area contributed by atoms with Crippen LogP contribution in [0.3, 0.4) is 0 Å². The average molecular weight is 314 g/mol. The summed E-state index contributed by atoms with van der Waals surface area (Å²) in [6.45, 7) is 2.47. The van der Waals surface area contributed by atoms with Crippen molar-refractivity contribution in [2.45, 2.75) is 37.5 Å². The van der Waals surface area contributed by atoms with Crippen LogP contribution in [-0.4, -0.2) is 18.4 Å². The number of esters is 1. The van der Waals surface area contributed by atoms with E-state index >= 15 is 0 Å². The average Bonchev–Trinajstić information content (AvgIpc) is 2.53. The molecule has 0 N–H and O–H groups in total. The molecule has 3 nitrogen and oxygen atoms in total. The van der Waals surface area contributed by atoms with Crippen molar-refractivity contribution < 1.29 is 14.3 Å². The highest BCUT2D eigenvalue weighted by atomic mass is 32.2. The molecule has 0 radical (unpaired) electrons. The van der Waals surface area contributed by atoms with Gasteiger partial charge in [-0.1, -0.05) is 43.3 Å². The normalized spacial score (nSPS) is 16.8. The number of Topliss-reactive ketones (excluding diaryl/α,β-unsaturated/α-hetero) is 1. The largest absolute Gasteiger partial charge is 0.462 e. The standard InChI is InChI=1S/C18H18O3S/c1-2-3-8-21-18(20)13-10-15(19)14-9-12-6-4-5-7-16(12)22-17(14)11-13/h4-7,11H,2-3,8-10H2,1H3.